The lowest BCUT2D eigenvalue weighted by atomic mass is 10.3. The number of hydrogen-bond donors (Lipinski definition) is 2. The first kappa shape index (κ1) is 11.0. The number of pyridine rings is 1. The number of nitrogen functional groups attached to an aromatic ring is 1. The second-order valence-electron chi connectivity index (χ2n) is 3.22. The monoisotopic (exact) mass is 253 g/mol. The molecule has 5 heteroatoms. The maximum absolute atomic E-state index is 6.02. The summed E-state index contributed by atoms with van der Waals surface area (Å²) < 4.78 is 0. The second kappa shape index (κ2) is 4.60. The smallest absolute Gasteiger partial charge is 0.123 e. The standard InChI is InChI=1S/C11H9Cl2N3/c12-7-1-3-10(9(13)5-7)16-8-2-4-11(14)15-6-8/h1-6,16H,(H2,14,15). The Morgan fingerprint density at radius 1 is 1.12 bits per heavy atom. The fourth-order valence-electron chi connectivity index (χ4n) is 1.23. The highest BCUT2D eigenvalue weighted by Gasteiger charge is 2.01. The van der Waals surface area contributed by atoms with Gasteiger partial charge in [0.15, 0.2) is 0 Å². The highest BCUT2D eigenvalue weighted by Crippen LogP contribution is 2.27. The van der Waals surface area contributed by atoms with E-state index < -0.39 is 0 Å². The molecule has 1 aromatic carbocycles. The van der Waals surface area contributed by atoms with Gasteiger partial charge in [-0.05, 0) is 30.3 Å². The highest BCUT2D eigenvalue weighted by atomic mass is 35.5. The summed E-state index contributed by atoms with van der Waals surface area (Å²) in [5.41, 5.74) is 7.08. The maximum Gasteiger partial charge on any atom is 0.123 e. The van der Waals surface area contributed by atoms with Crippen LogP contribution >= 0.6 is 23.2 Å². The molecule has 0 radical (unpaired) electrons. The number of nitrogens with two attached hydrogens (primary N) is 1. The minimum absolute atomic E-state index is 0.479. The van der Waals surface area contributed by atoms with Crippen molar-refractivity contribution in [2.75, 3.05) is 11.1 Å². The molecular weight excluding hydrogens is 245 g/mol. The average Bonchev–Trinajstić information content (AvgIpc) is 2.25. The van der Waals surface area contributed by atoms with Crippen LogP contribution in [0.3, 0.4) is 0 Å². The van der Waals surface area contributed by atoms with E-state index in [-0.39, 0.29) is 0 Å². The van der Waals surface area contributed by atoms with Crippen LogP contribution in [0.1, 0.15) is 0 Å². The predicted molar refractivity (Wildman–Crippen MR) is 68.4 cm³/mol. The van der Waals surface area contributed by atoms with Gasteiger partial charge in [0, 0.05) is 5.02 Å². The Bertz CT molecular complexity index is 497. The molecule has 3 N–H and O–H groups in total. The quantitative estimate of drug-likeness (QED) is 0.858. The van der Waals surface area contributed by atoms with E-state index in [0.717, 1.165) is 11.4 Å². The van der Waals surface area contributed by atoms with Crippen LogP contribution in [-0.2, 0) is 0 Å². The molecule has 0 fully saturated rings. The van der Waals surface area contributed by atoms with Crippen LogP contribution in [0.15, 0.2) is 36.5 Å². The van der Waals surface area contributed by atoms with E-state index >= 15 is 0 Å². The SMILES string of the molecule is Nc1ccc(Nc2ccc(Cl)cc2Cl)cn1. The molecule has 16 heavy (non-hydrogen) atoms. The van der Waals surface area contributed by atoms with Gasteiger partial charge in [0.25, 0.3) is 0 Å². The van der Waals surface area contributed by atoms with Crippen LogP contribution < -0.4 is 11.1 Å². The number of nitrogens with zero attached hydrogens (tertiary/aromatic N) is 1. The van der Waals surface area contributed by atoms with Crippen molar-refractivity contribution in [2.45, 2.75) is 0 Å². The fourth-order valence-corrected chi connectivity index (χ4v) is 1.68. The van der Waals surface area contributed by atoms with Crippen molar-refractivity contribution in [3.8, 4) is 0 Å². The zero-order valence-corrected chi connectivity index (χ0v) is 9.76. The molecule has 3 nitrogen and oxygen atoms in total. The van der Waals surface area contributed by atoms with Gasteiger partial charge in [0.05, 0.1) is 22.6 Å². The summed E-state index contributed by atoms with van der Waals surface area (Å²) in [4.78, 5) is 3.97. The predicted octanol–water partition coefficient (Wildman–Crippen LogP) is 3.71. The van der Waals surface area contributed by atoms with Gasteiger partial charge in [-0.15, -0.1) is 0 Å². The normalized spacial score (nSPS) is 10.1. The van der Waals surface area contributed by atoms with Gasteiger partial charge < -0.3 is 11.1 Å². The molecule has 2 aromatic rings. The van der Waals surface area contributed by atoms with Crippen molar-refractivity contribution < 1.29 is 0 Å². The molecule has 1 aromatic heterocycles. The van der Waals surface area contributed by atoms with Crippen LogP contribution in [0, 0.1) is 0 Å². The van der Waals surface area contributed by atoms with Crippen LogP contribution in [0.2, 0.25) is 10.0 Å². The minimum atomic E-state index is 0.479. The van der Waals surface area contributed by atoms with E-state index in [1.54, 1.807) is 30.5 Å². The summed E-state index contributed by atoms with van der Waals surface area (Å²) in [5.74, 6) is 0.479. The first-order valence-electron chi connectivity index (χ1n) is 4.59. The number of nitrogens with one attached hydrogen (secondary N) is 1. The molecule has 2 rings (SSSR count). The van der Waals surface area contributed by atoms with Gasteiger partial charge in [-0.1, -0.05) is 23.2 Å². The van der Waals surface area contributed by atoms with Gasteiger partial charge in [0.2, 0.25) is 0 Å². The van der Waals surface area contributed by atoms with Gasteiger partial charge in [-0.2, -0.15) is 0 Å². The summed E-state index contributed by atoms with van der Waals surface area (Å²) in [5, 5.41) is 4.28. The average molecular weight is 254 g/mol. The third kappa shape index (κ3) is 2.56. The van der Waals surface area contributed by atoms with Crippen LogP contribution in [0.5, 0.6) is 0 Å². The number of rotatable bonds is 2. The largest absolute Gasteiger partial charge is 0.384 e. The Kier molecular flexibility index (Phi) is 3.17. The summed E-state index contributed by atoms with van der Waals surface area (Å²) in [6, 6.07) is 8.79. The Balaban J connectivity index is 2.23. The van der Waals surface area contributed by atoms with Crippen molar-refractivity contribution in [1.29, 1.82) is 0 Å². The van der Waals surface area contributed by atoms with E-state index in [1.807, 2.05) is 6.07 Å². The Labute approximate surface area is 103 Å². The van der Waals surface area contributed by atoms with Crippen molar-refractivity contribution in [2.24, 2.45) is 0 Å². The van der Waals surface area contributed by atoms with Gasteiger partial charge in [-0.25, -0.2) is 4.98 Å². The Morgan fingerprint density at radius 3 is 2.56 bits per heavy atom. The zero-order valence-electron chi connectivity index (χ0n) is 8.24. The molecule has 0 aliphatic rings. The molecule has 0 aliphatic carbocycles. The van der Waals surface area contributed by atoms with Gasteiger partial charge in [-0.3, -0.25) is 0 Å². The molecule has 1 heterocycles. The van der Waals surface area contributed by atoms with Crippen LogP contribution in [0.25, 0.3) is 0 Å². The Hall–Kier alpha value is -1.45. The summed E-state index contributed by atoms with van der Waals surface area (Å²) in [6.45, 7) is 0. The molecule has 0 saturated carbocycles. The highest BCUT2D eigenvalue weighted by molar-refractivity contribution is 6.36. The van der Waals surface area contributed by atoms with Crippen molar-refractivity contribution in [3.63, 3.8) is 0 Å². The summed E-state index contributed by atoms with van der Waals surface area (Å²) in [6.07, 6.45) is 1.64. The van der Waals surface area contributed by atoms with Crippen molar-refractivity contribution in [1.82, 2.24) is 4.98 Å². The van der Waals surface area contributed by atoms with Crippen LogP contribution in [0.4, 0.5) is 17.2 Å². The van der Waals surface area contributed by atoms with Gasteiger partial charge >= 0.3 is 0 Å². The molecule has 0 aliphatic heterocycles. The topological polar surface area (TPSA) is 50.9 Å². The van der Waals surface area contributed by atoms with E-state index in [2.05, 4.69) is 10.3 Å². The lowest BCUT2D eigenvalue weighted by Gasteiger charge is -2.08. The molecule has 0 bridgehead atoms. The number of benzene rings is 1. The number of hydrogen-bond acceptors (Lipinski definition) is 3. The number of aromatic nitrogens is 1. The van der Waals surface area contributed by atoms with E-state index in [4.69, 9.17) is 28.9 Å². The zero-order chi connectivity index (χ0) is 11.5. The third-order valence-corrected chi connectivity index (χ3v) is 2.54. The van der Waals surface area contributed by atoms with Crippen molar-refractivity contribution in [3.05, 3.63) is 46.6 Å². The molecule has 82 valence electrons. The lowest BCUT2D eigenvalue weighted by Crippen LogP contribution is -1.94. The molecule has 0 saturated heterocycles. The summed E-state index contributed by atoms with van der Waals surface area (Å²) >= 11 is 11.8. The van der Waals surface area contributed by atoms with E-state index in [9.17, 15) is 0 Å². The molecular formula is C11H9Cl2N3. The van der Waals surface area contributed by atoms with Gasteiger partial charge in [0.1, 0.15) is 5.82 Å². The van der Waals surface area contributed by atoms with Crippen molar-refractivity contribution >= 4 is 40.4 Å². The second-order valence-corrected chi connectivity index (χ2v) is 4.06. The lowest BCUT2D eigenvalue weighted by molar-refractivity contribution is 1.33. The van der Waals surface area contributed by atoms with Crippen LogP contribution in [-0.4, -0.2) is 4.98 Å². The first-order chi connectivity index (χ1) is 7.65. The maximum atomic E-state index is 6.02. The minimum Gasteiger partial charge on any atom is -0.384 e. The van der Waals surface area contributed by atoms with E-state index in [0.29, 0.717) is 15.9 Å². The number of halogens is 2. The summed E-state index contributed by atoms with van der Waals surface area (Å²) in [7, 11) is 0. The first-order valence-corrected chi connectivity index (χ1v) is 5.34. The molecule has 0 unspecified atom stereocenters. The fraction of sp³-hybridized carbons (Fsp3) is 0. The molecule has 0 amide bonds. The number of anilines is 3. The molecule has 0 atom stereocenters. The van der Waals surface area contributed by atoms with E-state index in [1.165, 1.54) is 0 Å². The molecule has 0 spiro atoms. The Morgan fingerprint density at radius 2 is 1.94 bits per heavy atom. The third-order valence-electron chi connectivity index (χ3n) is 2.00.